The van der Waals surface area contributed by atoms with Crippen LogP contribution in [0.25, 0.3) is 5.65 Å². The highest BCUT2D eigenvalue weighted by Crippen LogP contribution is 2.19. The third kappa shape index (κ3) is 1.40. The molecular weight excluding hydrogens is 174 g/mol. The number of fused-ring (bicyclic) bond motifs is 1. The van der Waals surface area contributed by atoms with Crippen LogP contribution in [0.1, 0.15) is 25.6 Å². The predicted molar refractivity (Wildman–Crippen MR) is 57.0 cm³/mol. The average Bonchev–Trinajstić information content (AvgIpc) is 2.60. The third-order valence-electron chi connectivity index (χ3n) is 2.51. The van der Waals surface area contributed by atoms with E-state index in [0.717, 1.165) is 11.3 Å². The molecule has 0 aliphatic carbocycles. The molecule has 0 aliphatic heterocycles. The van der Waals surface area contributed by atoms with Crippen molar-refractivity contribution in [2.24, 2.45) is 11.7 Å². The Morgan fingerprint density at radius 3 is 2.86 bits per heavy atom. The van der Waals surface area contributed by atoms with E-state index in [9.17, 15) is 0 Å². The summed E-state index contributed by atoms with van der Waals surface area (Å²) in [5.74, 6) is 0.426. The van der Waals surface area contributed by atoms with E-state index < -0.39 is 0 Å². The summed E-state index contributed by atoms with van der Waals surface area (Å²) < 4.78 is 2.05. The van der Waals surface area contributed by atoms with Crippen LogP contribution in [0.4, 0.5) is 0 Å². The Labute approximate surface area is 83.6 Å². The van der Waals surface area contributed by atoms with Crippen molar-refractivity contribution in [3.05, 3.63) is 36.3 Å². The van der Waals surface area contributed by atoms with Gasteiger partial charge in [-0.05, 0) is 18.1 Å². The maximum absolute atomic E-state index is 6.09. The maximum atomic E-state index is 6.09. The fraction of sp³-hybridized carbons (Fsp3) is 0.364. The van der Waals surface area contributed by atoms with Gasteiger partial charge in [-0.1, -0.05) is 19.9 Å². The van der Waals surface area contributed by atoms with Gasteiger partial charge in [-0.3, -0.25) is 0 Å². The van der Waals surface area contributed by atoms with E-state index in [1.165, 1.54) is 0 Å². The second kappa shape index (κ2) is 3.42. The van der Waals surface area contributed by atoms with Crippen molar-refractivity contribution in [3.8, 4) is 0 Å². The first-order valence-corrected chi connectivity index (χ1v) is 4.87. The average molecular weight is 189 g/mol. The zero-order chi connectivity index (χ0) is 10.1. The molecule has 1 atom stereocenters. The molecule has 2 rings (SSSR count). The van der Waals surface area contributed by atoms with Gasteiger partial charge in [0.2, 0.25) is 0 Å². The van der Waals surface area contributed by atoms with Crippen LogP contribution in [0, 0.1) is 5.92 Å². The Balaban J connectivity index is 2.53. The molecule has 2 aromatic heterocycles. The van der Waals surface area contributed by atoms with Gasteiger partial charge in [0.25, 0.3) is 0 Å². The fourth-order valence-electron chi connectivity index (χ4n) is 1.54. The normalized spacial score (nSPS) is 13.7. The van der Waals surface area contributed by atoms with Crippen LogP contribution < -0.4 is 5.73 Å². The second-order valence-corrected chi connectivity index (χ2v) is 3.88. The zero-order valence-corrected chi connectivity index (χ0v) is 8.51. The number of imidazole rings is 1. The van der Waals surface area contributed by atoms with Gasteiger partial charge in [0.05, 0.1) is 11.9 Å². The Bertz CT molecular complexity index is 431. The molecule has 0 radical (unpaired) electrons. The van der Waals surface area contributed by atoms with Gasteiger partial charge in [-0.15, -0.1) is 0 Å². The lowest BCUT2D eigenvalue weighted by atomic mass is 10.0. The van der Waals surface area contributed by atoms with E-state index in [-0.39, 0.29) is 6.04 Å². The molecule has 0 saturated carbocycles. The van der Waals surface area contributed by atoms with Crippen molar-refractivity contribution in [2.45, 2.75) is 19.9 Å². The summed E-state index contributed by atoms with van der Waals surface area (Å²) in [5.41, 5.74) is 8.12. The Morgan fingerprint density at radius 2 is 2.14 bits per heavy atom. The van der Waals surface area contributed by atoms with Crippen LogP contribution in [0.15, 0.2) is 30.6 Å². The molecular formula is C11H15N3. The van der Waals surface area contributed by atoms with Crippen molar-refractivity contribution in [3.63, 3.8) is 0 Å². The Morgan fingerprint density at radius 1 is 1.36 bits per heavy atom. The van der Waals surface area contributed by atoms with E-state index in [0.29, 0.717) is 5.92 Å². The number of rotatable bonds is 2. The second-order valence-electron chi connectivity index (χ2n) is 3.88. The van der Waals surface area contributed by atoms with Gasteiger partial charge in [-0.2, -0.15) is 0 Å². The molecule has 0 saturated heterocycles. The summed E-state index contributed by atoms with van der Waals surface area (Å²) in [6.07, 6.45) is 3.86. The molecule has 3 heteroatoms. The lowest BCUT2D eigenvalue weighted by molar-refractivity contribution is 0.500. The summed E-state index contributed by atoms with van der Waals surface area (Å²) in [6, 6.07) is 6.00. The van der Waals surface area contributed by atoms with Crippen LogP contribution in [0.2, 0.25) is 0 Å². The summed E-state index contributed by atoms with van der Waals surface area (Å²) in [6.45, 7) is 4.24. The molecule has 0 amide bonds. The van der Waals surface area contributed by atoms with Crippen molar-refractivity contribution < 1.29 is 0 Å². The molecule has 2 aromatic rings. The zero-order valence-electron chi connectivity index (χ0n) is 8.51. The molecule has 74 valence electrons. The number of aromatic nitrogens is 2. The molecule has 0 bridgehead atoms. The van der Waals surface area contributed by atoms with E-state index in [2.05, 4.69) is 18.8 Å². The van der Waals surface area contributed by atoms with Crippen molar-refractivity contribution in [1.29, 1.82) is 0 Å². The van der Waals surface area contributed by atoms with Crippen LogP contribution >= 0.6 is 0 Å². The lowest BCUT2D eigenvalue weighted by Crippen LogP contribution is -2.18. The summed E-state index contributed by atoms with van der Waals surface area (Å²) in [7, 11) is 0. The van der Waals surface area contributed by atoms with Gasteiger partial charge in [0, 0.05) is 12.2 Å². The molecule has 0 spiro atoms. The minimum Gasteiger partial charge on any atom is -0.322 e. The van der Waals surface area contributed by atoms with Crippen LogP contribution in [-0.4, -0.2) is 9.38 Å². The molecule has 3 nitrogen and oxygen atoms in total. The third-order valence-corrected chi connectivity index (χ3v) is 2.51. The van der Waals surface area contributed by atoms with Gasteiger partial charge >= 0.3 is 0 Å². The van der Waals surface area contributed by atoms with E-state index in [1.807, 2.05) is 35.0 Å². The van der Waals surface area contributed by atoms with Crippen LogP contribution in [-0.2, 0) is 0 Å². The largest absolute Gasteiger partial charge is 0.322 e. The maximum Gasteiger partial charge on any atom is 0.136 e. The molecule has 2 N–H and O–H groups in total. The SMILES string of the molecule is CC(C)C(N)c1cnc2ccccn12. The van der Waals surface area contributed by atoms with Crippen molar-refractivity contribution >= 4 is 5.65 Å². The number of hydrogen-bond acceptors (Lipinski definition) is 2. The van der Waals surface area contributed by atoms with Crippen LogP contribution in [0.5, 0.6) is 0 Å². The lowest BCUT2D eigenvalue weighted by Gasteiger charge is -2.14. The number of nitrogens with two attached hydrogens (primary N) is 1. The van der Waals surface area contributed by atoms with Gasteiger partial charge in [-0.25, -0.2) is 4.98 Å². The Hall–Kier alpha value is -1.35. The number of nitrogens with zero attached hydrogens (tertiary/aromatic N) is 2. The van der Waals surface area contributed by atoms with Crippen LogP contribution in [0.3, 0.4) is 0 Å². The first-order chi connectivity index (χ1) is 6.70. The molecule has 0 aromatic carbocycles. The highest BCUT2D eigenvalue weighted by atomic mass is 15.0. The number of pyridine rings is 1. The fourth-order valence-corrected chi connectivity index (χ4v) is 1.54. The van der Waals surface area contributed by atoms with Crippen molar-refractivity contribution in [2.75, 3.05) is 0 Å². The highest BCUT2D eigenvalue weighted by Gasteiger charge is 2.14. The minimum atomic E-state index is 0.0485. The van der Waals surface area contributed by atoms with Crippen molar-refractivity contribution in [1.82, 2.24) is 9.38 Å². The van der Waals surface area contributed by atoms with E-state index in [4.69, 9.17) is 5.73 Å². The van der Waals surface area contributed by atoms with Gasteiger partial charge in [0.15, 0.2) is 0 Å². The van der Waals surface area contributed by atoms with Gasteiger partial charge < -0.3 is 10.1 Å². The topological polar surface area (TPSA) is 43.3 Å². The predicted octanol–water partition coefficient (Wildman–Crippen LogP) is 1.99. The molecule has 2 heterocycles. The summed E-state index contributed by atoms with van der Waals surface area (Å²) in [5, 5.41) is 0. The molecule has 0 aliphatic rings. The molecule has 1 unspecified atom stereocenters. The highest BCUT2D eigenvalue weighted by molar-refractivity contribution is 5.40. The minimum absolute atomic E-state index is 0.0485. The smallest absolute Gasteiger partial charge is 0.136 e. The summed E-state index contributed by atoms with van der Waals surface area (Å²) in [4.78, 5) is 4.31. The standard InChI is InChI=1S/C11H15N3/c1-8(2)11(12)9-7-13-10-5-3-4-6-14(9)10/h3-8,11H,12H2,1-2H3. The van der Waals surface area contributed by atoms with E-state index >= 15 is 0 Å². The monoisotopic (exact) mass is 189 g/mol. The quantitative estimate of drug-likeness (QED) is 0.785. The molecule has 14 heavy (non-hydrogen) atoms. The molecule has 0 fully saturated rings. The number of hydrogen-bond donors (Lipinski definition) is 1. The first kappa shape index (κ1) is 9.21. The first-order valence-electron chi connectivity index (χ1n) is 4.87. The van der Waals surface area contributed by atoms with E-state index in [1.54, 1.807) is 0 Å². The van der Waals surface area contributed by atoms with Gasteiger partial charge in [0.1, 0.15) is 5.65 Å². The Kier molecular flexibility index (Phi) is 2.25. The summed E-state index contributed by atoms with van der Waals surface area (Å²) >= 11 is 0.